The predicted molar refractivity (Wildman–Crippen MR) is 82.2 cm³/mol. The number of halogens is 2. The molecule has 21 heavy (non-hydrogen) atoms. The number of hydrazone groups is 1. The van der Waals surface area contributed by atoms with Crippen molar-refractivity contribution in [1.82, 2.24) is 15.6 Å². The average molecular weight is 346 g/mol. The molecule has 1 amide bonds. The molecule has 3 N–H and O–H groups in total. The van der Waals surface area contributed by atoms with Crippen molar-refractivity contribution in [2.45, 2.75) is 4.34 Å². The number of nitrogens with two attached hydrogens (primary N) is 1. The van der Waals surface area contributed by atoms with Gasteiger partial charge in [0.05, 0.1) is 17.0 Å². The first-order chi connectivity index (χ1) is 10.1. The van der Waals surface area contributed by atoms with Gasteiger partial charge >= 0.3 is 0 Å². The Morgan fingerprint density at radius 2 is 2.38 bits per heavy atom. The monoisotopic (exact) mass is 345 g/mol. The van der Waals surface area contributed by atoms with E-state index in [0.29, 0.717) is 9.47 Å². The van der Waals surface area contributed by atoms with Gasteiger partial charge in [0.1, 0.15) is 5.82 Å². The molecule has 0 aliphatic carbocycles. The molecule has 0 fully saturated rings. The first-order valence-electron chi connectivity index (χ1n) is 5.54. The fraction of sp³-hybridized carbons (Fsp3) is 0.0909. The van der Waals surface area contributed by atoms with Crippen molar-refractivity contribution >= 4 is 52.0 Å². The van der Waals surface area contributed by atoms with Crippen molar-refractivity contribution in [1.29, 1.82) is 0 Å². The van der Waals surface area contributed by atoms with Crippen LogP contribution in [0.1, 0.15) is 5.56 Å². The number of carbonyl (C=O) groups is 1. The number of nitrogen functional groups attached to an aromatic ring is 1. The number of rotatable bonds is 5. The van der Waals surface area contributed by atoms with Crippen molar-refractivity contribution in [3.63, 3.8) is 0 Å². The highest BCUT2D eigenvalue weighted by molar-refractivity contribution is 8.01. The Morgan fingerprint density at radius 3 is 3.05 bits per heavy atom. The van der Waals surface area contributed by atoms with E-state index in [2.05, 4.69) is 20.7 Å². The largest absolute Gasteiger partial charge is 0.374 e. The van der Waals surface area contributed by atoms with Crippen LogP contribution in [0.15, 0.2) is 27.6 Å². The van der Waals surface area contributed by atoms with Gasteiger partial charge in [0.2, 0.25) is 5.13 Å². The van der Waals surface area contributed by atoms with Crippen LogP contribution in [-0.4, -0.2) is 28.1 Å². The van der Waals surface area contributed by atoms with E-state index in [1.54, 1.807) is 0 Å². The molecular formula is C11H9ClFN5OS2. The lowest BCUT2D eigenvalue weighted by atomic mass is 10.2. The first-order valence-corrected chi connectivity index (χ1v) is 7.72. The Labute approximate surface area is 132 Å². The quantitative estimate of drug-likeness (QED) is 0.492. The molecule has 0 saturated heterocycles. The predicted octanol–water partition coefficient (Wildman–Crippen LogP) is 2.16. The van der Waals surface area contributed by atoms with Crippen molar-refractivity contribution in [3.05, 3.63) is 34.6 Å². The summed E-state index contributed by atoms with van der Waals surface area (Å²) in [5, 5.41) is 11.6. The van der Waals surface area contributed by atoms with Crippen molar-refractivity contribution in [3.8, 4) is 0 Å². The van der Waals surface area contributed by atoms with E-state index in [9.17, 15) is 9.18 Å². The minimum Gasteiger partial charge on any atom is -0.374 e. The number of thioether (sulfide) groups is 1. The summed E-state index contributed by atoms with van der Waals surface area (Å²) in [6.45, 7) is 0. The second kappa shape index (κ2) is 7.34. The van der Waals surface area contributed by atoms with E-state index in [1.165, 1.54) is 41.3 Å². The second-order valence-corrected chi connectivity index (χ2v) is 6.26. The van der Waals surface area contributed by atoms with Gasteiger partial charge in [-0.3, -0.25) is 4.79 Å². The number of amides is 1. The van der Waals surface area contributed by atoms with E-state index < -0.39 is 5.82 Å². The Kier molecular flexibility index (Phi) is 5.48. The van der Waals surface area contributed by atoms with Crippen LogP contribution < -0.4 is 11.2 Å². The number of nitrogens with one attached hydrogen (secondary N) is 1. The van der Waals surface area contributed by atoms with Crippen LogP contribution in [-0.2, 0) is 4.79 Å². The topological polar surface area (TPSA) is 93.3 Å². The molecule has 6 nitrogen and oxygen atoms in total. The highest BCUT2D eigenvalue weighted by atomic mass is 35.5. The summed E-state index contributed by atoms with van der Waals surface area (Å²) in [6, 6.07) is 4.27. The number of nitrogens with zero attached hydrogens (tertiary/aromatic N) is 3. The molecule has 0 aliphatic heterocycles. The third kappa shape index (κ3) is 4.66. The van der Waals surface area contributed by atoms with Crippen LogP contribution in [0.2, 0.25) is 5.02 Å². The number of hydrogen-bond acceptors (Lipinski definition) is 7. The molecule has 2 aromatic rings. The molecular weight excluding hydrogens is 337 g/mol. The van der Waals surface area contributed by atoms with E-state index >= 15 is 0 Å². The summed E-state index contributed by atoms with van der Waals surface area (Å²) < 4.78 is 14.0. The van der Waals surface area contributed by atoms with Crippen LogP contribution in [0.3, 0.4) is 0 Å². The average Bonchev–Trinajstić information content (AvgIpc) is 2.85. The molecule has 0 bridgehead atoms. The summed E-state index contributed by atoms with van der Waals surface area (Å²) in [7, 11) is 0. The minimum atomic E-state index is -0.515. The number of anilines is 1. The fourth-order valence-corrected chi connectivity index (χ4v) is 2.88. The highest BCUT2D eigenvalue weighted by Gasteiger charge is 2.07. The molecule has 0 unspecified atom stereocenters. The normalized spacial score (nSPS) is 11.0. The van der Waals surface area contributed by atoms with Crippen LogP contribution in [0.25, 0.3) is 0 Å². The summed E-state index contributed by atoms with van der Waals surface area (Å²) in [4.78, 5) is 11.5. The second-order valence-electron chi connectivity index (χ2n) is 3.62. The van der Waals surface area contributed by atoms with E-state index in [0.717, 1.165) is 6.21 Å². The molecule has 0 atom stereocenters. The SMILES string of the molecule is Nc1nnc(SCC(=O)NN=Cc2c(F)cccc2Cl)s1. The minimum absolute atomic E-state index is 0.0942. The van der Waals surface area contributed by atoms with Gasteiger partial charge in [-0.1, -0.05) is 40.8 Å². The Hall–Kier alpha value is -1.71. The maximum absolute atomic E-state index is 13.4. The lowest BCUT2D eigenvalue weighted by Crippen LogP contribution is -2.19. The number of carbonyl (C=O) groups excluding carboxylic acids is 1. The van der Waals surface area contributed by atoms with Crippen LogP contribution >= 0.6 is 34.7 Å². The maximum atomic E-state index is 13.4. The van der Waals surface area contributed by atoms with Crippen LogP contribution in [0.5, 0.6) is 0 Å². The van der Waals surface area contributed by atoms with E-state index in [4.69, 9.17) is 17.3 Å². The molecule has 0 aliphatic rings. The summed E-state index contributed by atoms with van der Waals surface area (Å²) in [5.41, 5.74) is 7.80. The van der Waals surface area contributed by atoms with Gasteiger partial charge in [-0.2, -0.15) is 5.10 Å². The summed E-state index contributed by atoms with van der Waals surface area (Å²) in [6.07, 6.45) is 1.16. The van der Waals surface area contributed by atoms with Crippen molar-refractivity contribution in [2.75, 3.05) is 11.5 Å². The molecule has 0 spiro atoms. The van der Waals surface area contributed by atoms with Gasteiger partial charge in [-0.15, -0.1) is 10.2 Å². The molecule has 1 heterocycles. The van der Waals surface area contributed by atoms with Crippen LogP contribution in [0, 0.1) is 5.82 Å². The van der Waals surface area contributed by atoms with Gasteiger partial charge in [-0.05, 0) is 12.1 Å². The summed E-state index contributed by atoms with van der Waals surface area (Å²) in [5.74, 6) is -0.784. The number of hydrogen-bond donors (Lipinski definition) is 2. The number of aromatic nitrogens is 2. The smallest absolute Gasteiger partial charge is 0.250 e. The zero-order valence-electron chi connectivity index (χ0n) is 10.4. The molecule has 0 radical (unpaired) electrons. The molecule has 1 aromatic heterocycles. The molecule has 2 rings (SSSR count). The zero-order chi connectivity index (χ0) is 15.2. The third-order valence-electron chi connectivity index (χ3n) is 2.13. The lowest BCUT2D eigenvalue weighted by Gasteiger charge is -2.00. The highest BCUT2D eigenvalue weighted by Crippen LogP contribution is 2.23. The van der Waals surface area contributed by atoms with Gasteiger partial charge in [0, 0.05) is 5.56 Å². The van der Waals surface area contributed by atoms with Crippen molar-refractivity contribution in [2.24, 2.45) is 5.10 Å². The van der Waals surface area contributed by atoms with Gasteiger partial charge in [0.15, 0.2) is 4.34 Å². The number of benzene rings is 1. The molecule has 0 saturated carbocycles. The van der Waals surface area contributed by atoms with Gasteiger partial charge < -0.3 is 5.73 Å². The Bertz CT molecular complexity index is 658. The van der Waals surface area contributed by atoms with Gasteiger partial charge in [0.25, 0.3) is 5.91 Å². The standard InChI is InChI=1S/C11H9ClFN5OS2/c12-7-2-1-3-8(13)6(7)4-15-16-9(19)5-20-11-18-17-10(14)21-11/h1-4H,5H2,(H2,14,17)(H,16,19). The summed E-state index contributed by atoms with van der Waals surface area (Å²) >= 11 is 8.18. The Balaban J connectivity index is 1.85. The third-order valence-corrected chi connectivity index (χ3v) is 4.35. The fourth-order valence-electron chi connectivity index (χ4n) is 1.24. The van der Waals surface area contributed by atoms with Crippen LogP contribution in [0.4, 0.5) is 9.52 Å². The zero-order valence-corrected chi connectivity index (χ0v) is 12.8. The lowest BCUT2D eigenvalue weighted by molar-refractivity contribution is -0.118. The molecule has 1 aromatic carbocycles. The van der Waals surface area contributed by atoms with Crippen molar-refractivity contribution < 1.29 is 9.18 Å². The van der Waals surface area contributed by atoms with E-state index in [1.807, 2.05) is 0 Å². The Morgan fingerprint density at radius 1 is 1.57 bits per heavy atom. The van der Waals surface area contributed by atoms with E-state index in [-0.39, 0.29) is 22.2 Å². The maximum Gasteiger partial charge on any atom is 0.250 e. The molecule has 110 valence electrons. The first kappa shape index (κ1) is 15.7. The molecule has 10 heteroatoms. The van der Waals surface area contributed by atoms with Gasteiger partial charge in [-0.25, -0.2) is 9.82 Å².